The number of amides is 1. The molecular weight excluding hydrogens is 336 g/mol. The molecule has 1 saturated carbocycles. The van der Waals surface area contributed by atoms with Crippen LogP contribution in [0, 0.1) is 5.92 Å². The lowest BCUT2D eigenvalue weighted by Crippen LogP contribution is -2.42. The number of halogens is 1. The number of para-hydroxylation sites is 1. The van der Waals surface area contributed by atoms with Gasteiger partial charge in [-0.1, -0.05) is 18.6 Å². The number of aliphatic hydroxyl groups is 1. The van der Waals surface area contributed by atoms with Crippen LogP contribution in [0.2, 0.25) is 0 Å². The summed E-state index contributed by atoms with van der Waals surface area (Å²) in [4.78, 5) is 11.9. The van der Waals surface area contributed by atoms with Gasteiger partial charge in [0.15, 0.2) is 0 Å². The molecule has 1 aromatic carbocycles. The van der Waals surface area contributed by atoms with Crippen LogP contribution in [-0.4, -0.2) is 36.3 Å². The molecule has 4 N–H and O–H groups in total. The van der Waals surface area contributed by atoms with E-state index in [9.17, 15) is 9.90 Å². The topological polar surface area (TPSA) is 84.6 Å². The predicted octanol–water partition coefficient (Wildman–Crippen LogP) is 1.43. The summed E-state index contributed by atoms with van der Waals surface area (Å²) in [6.07, 6.45) is 1.97. The van der Waals surface area contributed by atoms with Gasteiger partial charge in [-0.15, -0.1) is 0 Å². The molecule has 1 amide bonds. The van der Waals surface area contributed by atoms with Crippen LogP contribution in [0.4, 0.5) is 0 Å². The normalized spacial score (nSPS) is 22.8. The maximum absolute atomic E-state index is 11.9. The van der Waals surface area contributed by atoms with E-state index >= 15 is 0 Å². The van der Waals surface area contributed by atoms with Crippen LogP contribution in [0.25, 0.3) is 0 Å². The van der Waals surface area contributed by atoms with E-state index in [1.807, 2.05) is 24.3 Å². The van der Waals surface area contributed by atoms with Crippen molar-refractivity contribution in [3.63, 3.8) is 0 Å². The summed E-state index contributed by atoms with van der Waals surface area (Å²) >= 11 is 3.37. The largest absolute Gasteiger partial charge is 0.490 e. The van der Waals surface area contributed by atoms with Crippen molar-refractivity contribution in [2.75, 3.05) is 13.2 Å². The number of carbonyl (C=O) groups excluding carboxylic acids is 1. The molecule has 1 aliphatic rings. The number of carbonyl (C=O) groups is 1. The Labute approximate surface area is 133 Å². The molecule has 1 fully saturated rings. The van der Waals surface area contributed by atoms with Gasteiger partial charge in [0, 0.05) is 12.6 Å². The highest BCUT2D eigenvalue weighted by Gasteiger charge is 2.30. The molecule has 6 heteroatoms. The Kier molecular flexibility index (Phi) is 6.02. The SMILES string of the molecule is NC1CCCC1C(=O)NCC(O)COc1ccccc1Br. The highest BCUT2D eigenvalue weighted by atomic mass is 79.9. The number of rotatable bonds is 6. The van der Waals surface area contributed by atoms with Gasteiger partial charge in [0.1, 0.15) is 18.5 Å². The fourth-order valence-corrected chi connectivity index (χ4v) is 2.87. The molecule has 2 rings (SSSR count). The third-order valence-electron chi connectivity index (χ3n) is 3.69. The van der Waals surface area contributed by atoms with Crippen molar-refractivity contribution in [3.8, 4) is 5.75 Å². The quantitative estimate of drug-likeness (QED) is 0.719. The van der Waals surface area contributed by atoms with Crippen molar-refractivity contribution in [1.82, 2.24) is 5.32 Å². The monoisotopic (exact) mass is 356 g/mol. The first-order valence-corrected chi connectivity index (χ1v) is 7.96. The van der Waals surface area contributed by atoms with Crippen LogP contribution in [0.5, 0.6) is 5.75 Å². The molecule has 0 saturated heterocycles. The molecule has 0 bridgehead atoms. The summed E-state index contributed by atoms with van der Waals surface area (Å²) < 4.78 is 6.34. The maximum Gasteiger partial charge on any atom is 0.224 e. The van der Waals surface area contributed by atoms with Crippen LogP contribution in [0.15, 0.2) is 28.7 Å². The Morgan fingerprint density at radius 1 is 1.48 bits per heavy atom. The van der Waals surface area contributed by atoms with Crippen molar-refractivity contribution in [2.24, 2.45) is 11.7 Å². The van der Waals surface area contributed by atoms with Gasteiger partial charge in [-0.05, 0) is 40.9 Å². The number of hydrogen-bond donors (Lipinski definition) is 3. The van der Waals surface area contributed by atoms with Crippen molar-refractivity contribution < 1.29 is 14.6 Å². The molecule has 3 unspecified atom stereocenters. The van der Waals surface area contributed by atoms with Gasteiger partial charge in [0.2, 0.25) is 5.91 Å². The summed E-state index contributed by atoms with van der Waals surface area (Å²) in [5.74, 6) is 0.474. The van der Waals surface area contributed by atoms with Crippen molar-refractivity contribution in [2.45, 2.75) is 31.4 Å². The maximum atomic E-state index is 11.9. The second-order valence-corrected chi connectivity index (χ2v) is 6.20. The number of aliphatic hydroxyl groups excluding tert-OH is 1. The first-order valence-electron chi connectivity index (χ1n) is 7.16. The third-order valence-corrected chi connectivity index (χ3v) is 4.34. The second-order valence-electron chi connectivity index (χ2n) is 5.34. The molecule has 5 nitrogen and oxygen atoms in total. The van der Waals surface area contributed by atoms with Crippen LogP contribution < -0.4 is 15.8 Å². The molecule has 3 atom stereocenters. The van der Waals surface area contributed by atoms with E-state index in [2.05, 4.69) is 21.2 Å². The Bertz CT molecular complexity index is 484. The lowest BCUT2D eigenvalue weighted by atomic mass is 10.0. The Hall–Kier alpha value is -1.11. The average molecular weight is 357 g/mol. The van der Waals surface area contributed by atoms with Gasteiger partial charge < -0.3 is 20.9 Å². The Balaban J connectivity index is 1.71. The van der Waals surface area contributed by atoms with Gasteiger partial charge >= 0.3 is 0 Å². The van der Waals surface area contributed by atoms with E-state index in [0.717, 1.165) is 23.7 Å². The minimum Gasteiger partial charge on any atom is -0.490 e. The molecule has 21 heavy (non-hydrogen) atoms. The van der Waals surface area contributed by atoms with Gasteiger partial charge in [-0.3, -0.25) is 4.79 Å². The molecule has 0 heterocycles. The number of nitrogens with one attached hydrogen (secondary N) is 1. The fraction of sp³-hybridized carbons (Fsp3) is 0.533. The molecule has 1 aliphatic carbocycles. The zero-order valence-corrected chi connectivity index (χ0v) is 13.4. The van der Waals surface area contributed by atoms with E-state index in [1.165, 1.54) is 0 Å². The third kappa shape index (κ3) is 4.69. The first-order chi connectivity index (χ1) is 10.1. The predicted molar refractivity (Wildman–Crippen MR) is 84.0 cm³/mol. The van der Waals surface area contributed by atoms with E-state index in [0.29, 0.717) is 5.75 Å². The molecular formula is C15H21BrN2O3. The molecule has 0 spiro atoms. The van der Waals surface area contributed by atoms with Crippen LogP contribution >= 0.6 is 15.9 Å². The first kappa shape index (κ1) is 16.3. The summed E-state index contributed by atoms with van der Waals surface area (Å²) in [7, 11) is 0. The van der Waals surface area contributed by atoms with Crippen LogP contribution in [-0.2, 0) is 4.79 Å². The summed E-state index contributed by atoms with van der Waals surface area (Å²) in [6.45, 7) is 0.298. The average Bonchev–Trinajstić information content (AvgIpc) is 2.90. The minimum atomic E-state index is -0.751. The zero-order chi connectivity index (χ0) is 15.2. The van der Waals surface area contributed by atoms with Gasteiger partial charge in [0.25, 0.3) is 0 Å². The van der Waals surface area contributed by atoms with Gasteiger partial charge in [-0.25, -0.2) is 0 Å². The Morgan fingerprint density at radius 2 is 2.24 bits per heavy atom. The van der Waals surface area contributed by atoms with Crippen molar-refractivity contribution in [3.05, 3.63) is 28.7 Å². The molecule has 0 radical (unpaired) electrons. The van der Waals surface area contributed by atoms with E-state index in [1.54, 1.807) is 0 Å². The van der Waals surface area contributed by atoms with Crippen molar-refractivity contribution >= 4 is 21.8 Å². The number of hydrogen-bond acceptors (Lipinski definition) is 4. The standard InChI is InChI=1S/C15H21BrN2O3/c16-12-5-1-2-7-14(12)21-9-10(19)8-18-15(20)11-4-3-6-13(11)17/h1-2,5,7,10-11,13,19H,3-4,6,8-9,17H2,(H,18,20). The lowest BCUT2D eigenvalue weighted by molar-refractivity contribution is -0.125. The highest BCUT2D eigenvalue weighted by molar-refractivity contribution is 9.10. The Morgan fingerprint density at radius 3 is 2.90 bits per heavy atom. The summed E-state index contributed by atoms with van der Waals surface area (Å²) in [5, 5.41) is 12.6. The number of nitrogens with two attached hydrogens (primary N) is 1. The fourth-order valence-electron chi connectivity index (χ4n) is 2.47. The zero-order valence-electron chi connectivity index (χ0n) is 11.8. The molecule has 1 aromatic rings. The summed E-state index contributed by atoms with van der Waals surface area (Å²) in [6, 6.07) is 7.37. The van der Waals surface area contributed by atoms with Crippen molar-refractivity contribution in [1.29, 1.82) is 0 Å². The van der Waals surface area contributed by atoms with E-state index < -0.39 is 6.10 Å². The molecule has 0 aliphatic heterocycles. The lowest BCUT2D eigenvalue weighted by Gasteiger charge is -2.18. The smallest absolute Gasteiger partial charge is 0.224 e. The van der Waals surface area contributed by atoms with Crippen LogP contribution in [0.1, 0.15) is 19.3 Å². The van der Waals surface area contributed by atoms with Gasteiger partial charge in [0.05, 0.1) is 10.4 Å². The van der Waals surface area contributed by atoms with Gasteiger partial charge in [-0.2, -0.15) is 0 Å². The molecule has 0 aromatic heterocycles. The second kappa shape index (κ2) is 7.77. The molecule has 116 valence electrons. The van der Waals surface area contributed by atoms with E-state index in [-0.39, 0.29) is 31.0 Å². The minimum absolute atomic E-state index is 0.0568. The van der Waals surface area contributed by atoms with Crippen LogP contribution in [0.3, 0.4) is 0 Å². The van der Waals surface area contributed by atoms with E-state index in [4.69, 9.17) is 10.5 Å². The summed E-state index contributed by atoms with van der Waals surface area (Å²) in [5.41, 5.74) is 5.88. The highest BCUT2D eigenvalue weighted by Crippen LogP contribution is 2.24. The number of benzene rings is 1. The number of ether oxygens (including phenoxy) is 1.